The van der Waals surface area contributed by atoms with Crippen molar-refractivity contribution in [1.82, 2.24) is 15.5 Å². The van der Waals surface area contributed by atoms with Crippen molar-refractivity contribution in [1.29, 1.82) is 5.26 Å². The average Bonchev–Trinajstić information content (AvgIpc) is 2.81. The first-order valence-electron chi connectivity index (χ1n) is 8.21. The molecule has 0 unspecified atom stereocenters. The smallest absolute Gasteiger partial charge is 0.322 e. The predicted octanol–water partition coefficient (Wildman–Crippen LogP) is 0.195. The Morgan fingerprint density at radius 1 is 1.16 bits per heavy atom. The molecule has 0 aromatic heterocycles. The molecule has 1 aromatic rings. The topological polar surface area (TPSA) is 106 Å². The lowest BCUT2D eigenvalue weighted by Gasteiger charge is -2.24. The molecule has 2 aliphatic heterocycles. The number of urea groups is 1. The van der Waals surface area contributed by atoms with Crippen LogP contribution in [-0.2, 0) is 9.59 Å². The van der Waals surface area contributed by atoms with Crippen LogP contribution < -0.4 is 15.5 Å². The molecule has 0 spiro atoms. The molecule has 2 N–H and O–H groups in total. The molecule has 1 aromatic carbocycles. The van der Waals surface area contributed by atoms with Gasteiger partial charge in [-0.15, -0.1) is 0 Å². The minimum atomic E-state index is -0.780. The third-order valence-corrected chi connectivity index (χ3v) is 4.45. The van der Waals surface area contributed by atoms with Crippen LogP contribution in [0.15, 0.2) is 24.3 Å². The van der Waals surface area contributed by atoms with Crippen LogP contribution in [0.3, 0.4) is 0 Å². The Morgan fingerprint density at radius 2 is 1.92 bits per heavy atom. The van der Waals surface area contributed by atoms with Crippen molar-refractivity contribution in [2.75, 3.05) is 31.1 Å². The summed E-state index contributed by atoms with van der Waals surface area (Å²) in [6.45, 7) is 2.67. The Morgan fingerprint density at radius 3 is 2.56 bits per heavy atom. The lowest BCUT2D eigenvalue weighted by atomic mass is 10.2. The molecule has 0 aliphatic carbocycles. The number of amides is 4. The first kappa shape index (κ1) is 16.8. The van der Waals surface area contributed by atoms with Gasteiger partial charge in [0.1, 0.15) is 6.04 Å². The van der Waals surface area contributed by atoms with Gasteiger partial charge in [-0.2, -0.15) is 5.26 Å². The second-order valence-corrected chi connectivity index (χ2v) is 6.10. The van der Waals surface area contributed by atoms with Crippen LogP contribution in [0.5, 0.6) is 0 Å². The molecule has 0 bridgehead atoms. The number of nitriles is 1. The third-order valence-electron chi connectivity index (χ3n) is 4.45. The van der Waals surface area contributed by atoms with Crippen molar-refractivity contribution in [2.45, 2.75) is 18.9 Å². The zero-order valence-electron chi connectivity index (χ0n) is 13.7. The number of hydrogen-bond donors (Lipinski definition) is 2. The fourth-order valence-electron chi connectivity index (χ4n) is 3.08. The van der Waals surface area contributed by atoms with E-state index in [4.69, 9.17) is 5.26 Å². The average molecular weight is 341 g/mol. The van der Waals surface area contributed by atoms with Gasteiger partial charge in [-0.3, -0.25) is 14.9 Å². The Kier molecular flexibility index (Phi) is 4.84. The molecular formula is C17H19N5O3. The minimum Gasteiger partial charge on any atom is -0.370 e. The molecule has 3 rings (SSSR count). The van der Waals surface area contributed by atoms with Gasteiger partial charge in [-0.05, 0) is 30.7 Å². The molecule has 130 valence electrons. The van der Waals surface area contributed by atoms with E-state index < -0.39 is 18.0 Å². The molecule has 2 heterocycles. The highest BCUT2D eigenvalue weighted by molar-refractivity contribution is 6.05. The summed E-state index contributed by atoms with van der Waals surface area (Å²) in [4.78, 5) is 39.0. The van der Waals surface area contributed by atoms with Crippen LogP contribution in [0, 0.1) is 11.3 Å². The maximum Gasteiger partial charge on any atom is 0.322 e. The largest absolute Gasteiger partial charge is 0.370 e. The highest BCUT2D eigenvalue weighted by atomic mass is 16.2. The second-order valence-electron chi connectivity index (χ2n) is 6.10. The lowest BCUT2D eigenvalue weighted by Crippen LogP contribution is -2.40. The van der Waals surface area contributed by atoms with Gasteiger partial charge in [-0.1, -0.05) is 0 Å². The summed E-state index contributed by atoms with van der Waals surface area (Å²) in [7, 11) is 0. The number of carbonyl (C=O) groups is 3. The van der Waals surface area contributed by atoms with E-state index in [9.17, 15) is 14.4 Å². The highest BCUT2D eigenvalue weighted by Gasteiger charge is 2.33. The van der Waals surface area contributed by atoms with E-state index in [-0.39, 0.29) is 12.3 Å². The molecule has 0 saturated carbocycles. The number of nitrogens with one attached hydrogen (secondary N) is 2. The van der Waals surface area contributed by atoms with Crippen LogP contribution in [0.25, 0.3) is 0 Å². The van der Waals surface area contributed by atoms with E-state index in [0.29, 0.717) is 25.2 Å². The van der Waals surface area contributed by atoms with Crippen LogP contribution in [-0.4, -0.2) is 55.0 Å². The van der Waals surface area contributed by atoms with E-state index >= 15 is 0 Å². The first-order chi connectivity index (χ1) is 12.1. The lowest BCUT2D eigenvalue weighted by molar-refractivity contribution is -0.133. The van der Waals surface area contributed by atoms with Crippen LogP contribution in [0.4, 0.5) is 10.5 Å². The van der Waals surface area contributed by atoms with Crippen molar-refractivity contribution >= 4 is 23.5 Å². The highest BCUT2D eigenvalue weighted by Crippen LogP contribution is 2.18. The summed E-state index contributed by atoms with van der Waals surface area (Å²) in [6, 6.07) is 8.16. The van der Waals surface area contributed by atoms with E-state index in [2.05, 4.69) is 21.6 Å². The summed E-state index contributed by atoms with van der Waals surface area (Å²) >= 11 is 0. The van der Waals surface area contributed by atoms with Gasteiger partial charge < -0.3 is 15.1 Å². The number of benzene rings is 1. The van der Waals surface area contributed by atoms with Crippen molar-refractivity contribution < 1.29 is 14.4 Å². The van der Waals surface area contributed by atoms with Gasteiger partial charge in [0, 0.05) is 31.9 Å². The number of nitrogens with zero attached hydrogens (tertiary/aromatic N) is 3. The Balaban J connectivity index is 1.57. The van der Waals surface area contributed by atoms with Crippen molar-refractivity contribution in [3.63, 3.8) is 0 Å². The monoisotopic (exact) mass is 341 g/mol. The maximum absolute atomic E-state index is 12.4. The quantitative estimate of drug-likeness (QED) is 0.764. The van der Waals surface area contributed by atoms with Crippen LogP contribution in [0.2, 0.25) is 0 Å². The Labute approximate surface area is 145 Å². The number of rotatable bonds is 3. The van der Waals surface area contributed by atoms with Gasteiger partial charge >= 0.3 is 6.03 Å². The maximum atomic E-state index is 12.4. The van der Waals surface area contributed by atoms with E-state index in [1.807, 2.05) is 12.1 Å². The third kappa shape index (κ3) is 3.88. The van der Waals surface area contributed by atoms with Crippen LogP contribution >= 0.6 is 0 Å². The minimum absolute atomic E-state index is 0.0194. The zero-order chi connectivity index (χ0) is 17.8. The summed E-state index contributed by atoms with van der Waals surface area (Å²) in [5, 5.41) is 13.5. The van der Waals surface area contributed by atoms with Crippen molar-refractivity contribution in [2.24, 2.45) is 0 Å². The SMILES string of the molecule is N#Cc1ccc(N2CCCN(C(=O)C[C@@H]3NC(=O)NC3=O)CC2)cc1. The molecule has 1 atom stereocenters. The standard InChI is InChI=1S/C17H19N5O3/c18-11-12-2-4-13(5-3-12)21-6-1-7-22(9-8-21)15(23)10-14-16(24)20-17(25)19-14/h2-5,14H,1,6-10H2,(H2,19,20,24,25)/t14-/m0/s1. The molecule has 4 amide bonds. The molecule has 0 radical (unpaired) electrons. The molecule has 2 fully saturated rings. The van der Waals surface area contributed by atoms with Gasteiger partial charge in [0.15, 0.2) is 0 Å². The number of hydrogen-bond acceptors (Lipinski definition) is 5. The molecule has 8 heteroatoms. The number of anilines is 1. The fourth-order valence-corrected chi connectivity index (χ4v) is 3.08. The van der Waals surface area contributed by atoms with Gasteiger partial charge in [0.2, 0.25) is 5.91 Å². The summed E-state index contributed by atoms with van der Waals surface area (Å²) in [5.74, 6) is -0.587. The number of carbonyl (C=O) groups excluding carboxylic acids is 3. The predicted molar refractivity (Wildman–Crippen MR) is 89.6 cm³/mol. The summed E-state index contributed by atoms with van der Waals surface area (Å²) in [6.07, 6.45) is 0.795. The molecule has 2 aliphatic rings. The Bertz CT molecular complexity index is 725. The van der Waals surface area contributed by atoms with E-state index in [1.165, 1.54) is 0 Å². The van der Waals surface area contributed by atoms with Gasteiger partial charge in [-0.25, -0.2) is 4.79 Å². The molecule has 25 heavy (non-hydrogen) atoms. The van der Waals surface area contributed by atoms with E-state index in [0.717, 1.165) is 18.7 Å². The normalized spacial score (nSPS) is 20.5. The molecular weight excluding hydrogens is 322 g/mol. The fraction of sp³-hybridized carbons (Fsp3) is 0.412. The summed E-state index contributed by atoms with van der Waals surface area (Å²) in [5.41, 5.74) is 1.64. The Hall–Kier alpha value is -3.08. The number of imide groups is 1. The summed E-state index contributed by atoms with van der Waals surface area (Å²) < 4.78 is 0. The van der Waals surface area contributed by atoms with Gasteiger partial charge in [0.05, 0.1) is 18.1 Å². The van der Waals surface area contributed by atoms with Gasteiger partial charge in [0.25, 0.3) is 5.91 Å². The molecule has 2 saturated heterocycles. The first-order valence-corrected chi connectivity index (χ1v) is 8.21. The van der Waals surface area contributed by atoms with E-state index in [1.54, 1.807) is 17.0 Å². The van der Waals surface area contributed by atoms with Crippen molar-refractivity contribution in [3.8, 4) is 6.07 Å². The zero-order valence-corrected chi connectivity index (χ0v) is 13.7. The second kappa shape index (κ2) is 7.21. The van der Waals surface area contributed by atoms with Crippen LogP contribution in [0.1, 0.15) is 18.4 Å². The van der Waals surface area contributed by atoms with Crippen molar-refractivity contribution in [3.05, 3.63) is 29.8 Å². The molecule has 8 nitrogen and oxygen atoms in total.